The number of thiophene rings is 1. The minimum absolute atomic E-state index is 0.0187. The van der Waals surface area contributed by atoms with Crippen molar-refractivity contribution in [2.45, 2.75) is 25.8 Å². The molecule has 1 N–H and O–H groups in total. The molecule has 0 aliphatic carbocycles. The Morgan fingerprint density at radius 2 is 2.25 bits per heavy atom. The van der Waals surface area contributed by atoms with Crippen LogP contribution in [0.2, 0.25) is 4.34 Å². The van der Waals surface area contributed by atoms with E-state index >= 15 is 0 Å². The number of hydrogen-bond donors (Lipinski definition) is 1. The molecule has 1 amide bonds. The van der Waals surface area contributed by atoms with Crippen LogP contribution in [0.5, 0.6) is 0 Å². The Kier molecular flexibility index (Phi) is 4.83. The van der Waals surface area contributed by atoms with Gasteiger partial charge in [-0.25, -0.2) is 4.79 Å². The van der Waals surface area contributed by atoms with E-state index in [0.29, 0.717) is 10.9 Å². The van der Waals surface area contributed by atoms with Crippen molar-refractivity contribution in [2.75, 3.05) is 6.54 Å². The van der Waals surface area contributed by atoms with E-state index < -0.39 is 12.0 Å². The molecule has 1 fully saturated rings. The summed E-state index contributed by atoms with van der Waals surface area (Å²) < 4.78 is 0.659. The molecule has 2 heterocycles. The second-order valence-electron chi connectivity index (χ2n) is 4.91. The number of rotatable bonds is 3. The van der Waals surface area contributed by atoms with Gasteiger partial charge < -0.3 is 10.0 Å². The molecule has 108 valence electrons. The zero-order valence-corrected chi connectivity index (χ0v) is 12.7. The van der Waals surface area contributed by atoms with Crippen LogP contribution in [0.15, 0.2) is 18.2 Å². The first-order valence-electron chi connectivity index (χ1n) is 6.46. The van der Waals surface area contributed by atoms with Gasteiger partial charge >= 0.3 is 5.97 Å². The van der Waals surface area contributed by atoms with Gasteiger partial charge in [0, 0.05) is 17.5 Å². The zero-order chi connectivity index (χ0) is 14.7. The lowest BCUT2D eigenvalue weighted by Crippen LogP contribution is -2.51. The van der Waals surface area contributed by atoms with Crippen LogP contribution in [0.25, 0.3) is 6.08 Å². The van der Waals surface area contributed by atoms with Gasteiger partial charge in [0.05, 0.1) is 4.34 Å². The fraction of sp³-hybridized carbons (Fsp3) is 0.429. The molecule has 0 saturated carbocycles. The molecular formula is C14H16ClNO3S. The molecule has 1 saturated heterocycles. The van der Waals surface area contributed by atoms with Crippen molar-refractivity contribution < 1.29 is 14.7 Å². The van der Waals surface area contributed by atoms with Crippen LogP contribution in [-0.4, -0.2) is 34.5 Å². The highest BCUT2D eigenvalue weighted by atomic mass is 35.5. The lowest BCUT2D eigenvalue weighted by molar-refractivity contribution is -0.152. The van der Waals surface area contributed by atoms with Crippen LogP contribution < -0.4 is 0 Å². The smallest absolute Gasteiger partial charge is 0.326 e. The van der Waals surface area contributed by atoms with Crippen LogP contribution in [0, 0.1) is 5.92 Å². The maximum Gasteiger partial charge on any atom is 0.326 e. The van der Waals surface area contributed by atoms with Gasteiger partial charge in [0.15, 0.2) is 0 Å². The second-order valence-corrected chi connectivity index (χ2v) is 6.66. The zero-order valence-electron chi connectivity index (χ0n) is 11.1. The third kappa shape index (κ3) is 3.41. The van der Waals surface area contributed by atoms with E-state index in [2.05, 4.69) is 0 Å². The van der Waals surface area contributed by atoms with Crippen LogP contribution >= 0.6 is 22.9 Å². The number of carbonyl (C=O) groups is 2. The SMILES string of the molecule is CC1CCCN(C(=O)/C=C/c2ccc(Cl)s2)C1C(=O)O. The summed E-state index contributed by atoms with van der Waals surface area (Å²) in [5, 5.41) is 9.28. The first kappa shape index (κ1) is 15.1. The molecule has 0 radical (unpaired) electrons. The van der Waals surface area contributed by atoms with Crippen molar-refractivity contribution in [3.8, 4) is 0 Å². The average Bonchev–Trinajstić information content (AvgIpc) is 2.81. The summed E-state index contributed by atoms with van der Waals surface area (Å²) in [6.45, 7) is 2.37. The molecule has 2 unspecified atom stereocenters. The van der Waals surface area contributed by atoms with E-state index in [4.69, 9.17) is 11.6 Å². The Hall–Kier alpha value is -1.33. The Morgan fingerprint density at radius 1 is 1.50 bits per heavy atom. The third-order valence-electron chi connectivity index (χ3n) is 3.45. The monoisotopic (exact) mass is 313 g/mol. The predicted octanol–water partition coefficient (Wildman–Crippen LogP) is 3.13. The van der Waals surface area contributed by atoms with E-state index in [0.717, 1.165) is 17.7 Å². The van der Waals surface area contributed by atoms with Crippen LogP contribution in [0.3, 0.4) is 0 Å². The van der Waals surface area contributed by atoms with Crippen molar-refractivity contribution in [1.29, 1.82) is 0 Å². The third-order valence-corrected chi connectivity index (χ3v) is 4.65. The number of piperidine rings is 1. The number of carbonyl (C=O) groups excluding carboxylic acids is 1. The second kappa shape index (κ2) is 6.41. The Morgan fingerprint density at radius 3 is 2.85 bits per heavy atom. The number of halogens is 1. The number of amides is 1. The summed E-state index contributed by atoms with van der Waals surface area (Å²) in [5.41, 5.74) is 0. The minimum Gasteiger partial charge on any atom is -0.480 e. The number of nitrogens with zero attached hydrogens (tertiary/aromatic N) is 1. The van der Waals surface area contributed by atoms with Crippen LogP contribution in [-0.2, 0) is 9.59 Å². The van der Waals surface area contributed by atoms with Gasteiger partial charge in [-0.3, -0.25) is 4.79 Å². The van der Waals surface area contributed by atoms with Gasteiger partial charge in [-0.2, -0.15) is 0 Å². The minimum atomic E-state index is -0.932. The van der Waals surface area contributed by atoms with E-state index in [1.807, 2.05) is 13.0 Å². The standard InChI is InChI=1S/C14H16ClNO3S/c1-9-3-2-8-16(13(9)14(18)19)12(17)7-5-10-4-6-11(15)20-10/h4-7,9,13H,2-3,8H2,1H3,(H,18,19)/b7-5+. The fourth-order valence-electron chi connectivity index (χ4n) is 2.48. The molecule has 0 spiro atoms. The van der Waals surface area contributed by atoms with Gasteiger partial charge in [0.1, 0.15) is 6.04 Å². The van der Waals surface area contributed by atoms with E-state index in [-0.39, 0.29) is 11.8 Å². The number of likely N-dealkylation sites (tertiary alicyclic amines) is 1. The number of hydrogen-bond acceptors (Lipinski definition) is 3. The molecule has 1 aromatic heterocycles. The number of aliphatic carboxylic acids is 1. The highest BCUT2D eigenvalue weighted by Crippen LogP contribution is 2.25. The molecule has 1 aliphatic rings. The van der Waals surface area contributed by atoms with Crippen LogP contribution in [0.1, 0.15) is 24.6 Å². The Balaban J connectivity index is 2.10. The highest BCUT2D eigenvalue weighted by Gasteiger charge is 2.36. The molecule has 2 rings (SSSR count). The van der Waals surface area contributed by atoms with E-state index in [1.165, 1.54) is 22.3 Å². The summed E-state index contributed by atoms with van der Waals surface area (Å²) in [4.78, 5) is 25.8. The molecule has 6 heteroatoms. The van der Waals surface area contributed by atoms with Crippen LogP contribution in [0.4, 0.5) is 0 Å². The summed E-state index contributed by atoms with van der Waals surface area (Å²) in [6, 6.07) is 2.86. The Bertz CT molecular complexity index is 540. The molecule has 20 heavy (non-hydrogen) atoms. The summed E-state index contributed by atoms with van der Waals surface area (Å²) in [5.74, 6) is -1.21. The lowest BCUT2D eigenvalue weighted by atomic mass is 9.90. The first-order chi connectivity index (χ1) is 9.49. The lowest BCUT2D eigenvalue weighted by Gasteiger charge is -2.36. The van der Waals surface area contributed by atoms with Crippen molar-refractivity contribution in [3.63, 3.8) is 0 Å². The number of carboxylic acids is 1. The first-order valence-corrected chi connectivity index (χ1v) is 7.65. The topological polar surface area (TPSA) is 57.6 Å². The quantitative estimate of drug-likeness (QED) is 0.872. The summed E-state index contributed by atoms with van der Waals surface area (Å²) in [7, 11) is 0. The molecule has 1 aliphatic heterocycles. The van der Waals surface area contributed by atoms with Crippen molar-refractivity contribution in [1.82, 2.24) is 4.90 Å². The molecule has 2 atom stereocenters. The molecule has 4 nitrogen and oxygen atoms in total. The molecule has 1 aromatic rings. The van der Waals surface area contributed by atoms with Gasteiger partial charge in [0.25, 0.3) is 0 Å². The number of carboxylic acid groups (broad SMARTS) is 1. The van der Waals surface area contributed by atoms with E-state index in [9.17, 15) is 14.7 Å². The molecule has 0 aromatic carbocycles. The molecular weight excluding hydrogens is 298 g/mol. The highest BCUT2D eigenvalue weighted by molar-refractivity contribution is 7.17. The van der Waals surface area contributed by atoms with Crippen molar-refractivity contribution >= 4 is 40.9 Å². The normalized spacial score (nSPS) is 23.2. The summed E-state index contributed by atoms with van der Waals surface area (Å²) >= 11 is 7.20. The maximum absolute atomic E-state index is 12.2. The van der Waals surface area contributed by atoms with E-state index in [1.54, 1.807) is 12.1 Å². The largest absolute Gasteiger partial charge is 0.480 e. The van der Waals surface area contributed by atoms with Crippen molar-refractivity contribution in [3.05, 3.63) is 27.4 Å². The van der Waals surface area contributed by atoms with Gasteiger partial charge in [-0.05, 0) is 37.0 Å². The average molecular weight is 314 g/mol. The van der Waals surface area contributed by atoms with Gasteiger partial charge in [-0.15, -0.1) is 11.3 Å². The van der Waals surface area contributed by atoms with Crippen molar-refractivity contribution in [2.24, 2.45) is 5.92 Å². The Labute approximate surface area is 126 Å². The van der Waals surface area contributed by atoms with Gasteiger partial charge in [-0.1, -0.05) is 18.5 Å². The predicted molar refractivity (Wildman–Crippen MR) is 79.9 cm³/mol. The summed E-state index contributed by atoms with van der Waals surface area (Å²) in [6.07, 6.45) is 4.79. The molecule has 0 bridgehead atoms. The maximum atomic E-state index is 12.2. The fourth-order valence-corrected chi connectivity index (χ4v) is 3.44. The van der Waals surface area contributed by atoms with Gasteiger partial charge in [0.2, 0.25) is 5.91 Å².